The Hall–Kier alpha value is -1.69. The Morgan fingerprint density at radius 1 is 0.870 bits per heavy atom. The Morgan fingerprint density at radius 2 is 1.30 bits per heavy atom. The van der Waals surface area contributed by atoms with Crippen molar-refractivity contribution < 1.29 is 31.9 Å². The van der Waals surface area contributed by atoms with Gasteiger partial charge in [-0.3, -0.25) is 0 Å². The van der Waals surface area contributed by atoms with Gasteiger partial charge < -0.3 is 0 Å². The molecule has 126 valence electrons. The van der Waals surface area contributed by atoms with Crippen molar-refractivity contribution in [1.82, 2.24) is 0 Å². The summed E-state index contributed by atoms with van der Waals surface area (Å²) in [5.74, 6) is -1.61. The number of hydrogen-bond donors (Lipinski definition) is 0. The molecule has 0 aliphatic rings. The zero-order valence-electron chi connectivity index (χ0n) is 13.3. The van der Waals surface area contributed by atoms with Gasteiger partial charge in [-0.2, -0.15) is 0 Å². The van der Waals surface area contributed by atoms with Gasteiger partial charge in [0, 0.05) is 0 Å². The van der Waals surface area contributed by atoms with Gasteiger partial charge in [-0.1, -0.05) is 0 Å². The van der Waals surface area contributed by atoms with Gasteiger partial charge in [-0.15, -0.1) is 0 Å². The second kappa shape index (κ2) is 8.82. The third-order valence-electron chi connectivity index (χ3n) is 2.39. The first-order valence-corrected chi connectivity index (χ1v) is 13.3. The van der Waals surface area contributed by atoms with E-state index >= 15 is 0 Å². The molecule has 0 saturated heterocycles. The Labute approximate surface area is 140 Å². The van der Waals surface area contributed by atoms with Crippen LogP contribution < -0.4 is 7.86 Å². The number of hydrogen-bond acceptors (Lipinski definition) is 8. The van der Waals surface area contributed by atoms with Crippen molar-refractivity contribution in [2.24, 2.45) is 0 Å². The fourth-order valence-corrected chi connectivity index (χ4v) is 10.2. The number of benzene rings is 1. The summed E-state index contributed by atoms with van der Waals surface area (Å²) >= 11 is -5.11. The van der Waals surface area contributed by atoms with Gasteiger partial charge in [0.2, 0.25) is 0 Å². The van der Waals surface area contributed by atoms with Crippen LogP contribution >= 0.6 is 0 Å². The number of carbonyl (C=O) groups excluding carboxylic acids is 3. The molecule has 1 rings (SSSR count). The molecule has 0 N–H and O–H groups in total. The first-order chi connectivity index (χ1) is 10.8. The van der Waals surface area contributed by atoms with Crippen LogP contribution in [0.5, 0.6) is 5.75 Å². The van der Waals surface area contributed by atoms with E-state index in [0.29, 0.717) is 8.87 Å². The van der Waals surface area contributed by atoms with E-state index in [1.807, 2.05) is 0 Å². The molecule has 23 heavy (non-hydrogen) atoms. The van der Waals surface area contributed by atoms with Gasteiger partial charge in [0.05, 0.1) is 0 Å². The third-order valence-corrected chi connectivity index (χ3v) is 12.9. The zero-order valence-corrected chi connectivity index (χ0v) is 17.2. The van der Waals surface area contributed by atoms with E-state index in [2.05, 4.69) is 0 Å². The average molecular weight is 521 g/mol. The fraction of sp³-hybridized carbons (Fsp3) is 0.357. The number of carbonyl (C=O) groups is 3. The molecule has 9 heteroatoms. The van der Waals surface area contributed by atoms with E-state index in [0.717, 1.165) is 20.8 Å². The minimum atomic E-state index is -5.11. The average Bonchev–Trinajstić information content (AvgIpc) is 2.43. The van der Waals surface area contributed by atoms with Crippen LogP contribution in [0.2, 0.25) is 0 Å². The molecule has 0 amide bonds. The summed E-state index contributed by atoms with van der Waals surface area (Å²) in [7, 11) is 1.48. The van der Waals surface area contributed by atoms with Crippen LogP contribution in [0.3, 0.4) is 0 Å². The van der Waals surface area contributed by atoms with E-state index in [9.17, 15) is 14.4 Å². The molecule has 0 bridgehead atoms. The Bertz CT molecular complexity index is 528. The summed E-state index contributed by atoms with van der Waals surface area (Å²) in [6, 6.07) is 6.20. The normalized spacial score (nSPS) is 10.6. The van der Waals surface area contributed by atoms with Crippen LogP contribution in [-0.2, 0) is 27.2 Å². The van der Waals surface area contributed by atoms with Gasteiger partial charge in [-0.25, -0.2) is 0 Å². The second-order valence-corrected chi connectivity index (χ2v) is 13.4. The maximum absolute atomic E-state index is 11.4. The standard InChI is InChI=1S/C8H9O2.3C2H4O2.Pb/c1-9-7-10-8-5-3-2-4-6-8;3*1-2(3)4;/h3-6H,7H2,1H3;3*1H3,(H,3,4);/q;;;;+3/p-3. The molecule has 1 aromatic carbocycles. The van der Waals surface area contributed by atoms with E-state index in [1.165, 1.54) is 19.2 Å². The van der Waals surface area contributed by atoms with Gasteiger partial charge in [0.1, 0.15) is 0 Å². The molecule has 0 radical (unpaired) electrons. The Kier molecular flexibility index (Phi) is 7.42. The monoisotopic (exact) mass is 522 g/mol. The summed E-state index contributed by atoms with van der Waals surface area (Å²) < 4.78 is 26.0. The van der Waals surface area contributed by atoms with Crippen molar-refractivity contribution in [3.05, 3.63) is 24.3 Å². The molecule has 0 aliphatic heterocycles. The number of rotatable bonds is 7. The summed E-state index contributed by atoms with van der Waals surface area (Å²) in [6.45, 7) is 3.51. The van der Waals surface area contributed by atoms with Crippen LogP contribution in [0.1, 0.15) is 20.8 Å². The molecular formula is C14H18O8Pb. The van der Waals surface area contributed by atoms with Gasteiger partial charge in [0.15, 0.2) is 0 Å². The summed E-state index contributed by atoms with van der Waals surface area (Å²) in [5.41, 5.74) is 0. The molecule has 0 fully saturated rings. The van der Waals surface area contributed by atoms with E-state index in [-0.39, 0.29) is 6.79 Å². The summed E-state index contributed by atoms with van der Waals surface area (Å²) in [4.78, 5) is 34.2. The molecule has 1 aromatic rings. The predicted molar refractivity (Wildman–Crippen MR) is 79.6 cm³/mol. The predicted octanol–water partition coefficient (Wildman–Crippen LogP) is 0.504. The summed E-state index contributed by atoms with van der Waals surface area (Å²) in [6.07, 6.45) is 0. The number of ether oxygens (including phenoxy) is 2. The molecule has 0 spiro atoms. The van der Waals surface area contributed by atoms with Crippen LogP contribution in [0, 0.1) is 0 Å². The molecule has 0 atom stereocenters. The molecule has 8 nitrogen and oxygen atoms in total. The van der Waals surface area contributed by atoms with Crippen molar-refractivity contribution in [2.45, 2.75) is 20.8 Å². The molecule has 0 saturated carbocycles. The quantitative estimate of drug-likeness (QED) is 0.378. The molecule has 0 aliphatic carbocycles. The molecule has 0 heterocycles. The SMILES string of the molecule is COCOc1cc[c]([Pb]([O]C(C)=O)([O]C(C)=O)[O]C(C)=O)cc1. The van der Waals surface area contributed by atoms with Crippen molar-refractivity contribution in [3.63, 3.8) is 0 Å². The topological polar surface area (TPSA) is 97.4 Å². The molecule has 0 aromatic heterocycles. The number of methoxy groups -OCH3 is 1. The van der Waals surface area contributed by atoms with Gasteiger partial charge in [0.25, 0.3) is 0 Å². The van der Waals surface area contributed by atoms with Crippen LogP contribution in [0.4, 0.5) is 0 Å². The second-order valence-electron chi connectivity index (χ2n) is 4.41. The van der Waals surface area contributed by atoms with Crippen molar-refractivity contribution in [3.8, 4) is 5.75 Å². The van der Waals surface area contributed by atoms with Gasteiger partial charge >= 0.3 is 140 Å². The summed E-state index contributed by atoms with van der Waals surface area (Å²) in [5, 5.41) is 0. The van der Waals surface area contributed by atoms with Crippen molar-refractivity contribution in [1.29, 1.82) is 0 Å². The maximum atomic E-state index is 11.4. The van der Waals surface area contributed by atoms with Crippen LogP contribution in [0.25, 0.3) is 0 Å². The van der Waals surface area contributed by atoms with E-state index < -0.39 is 40.4 Å². The Balaban J connectivity index is 3.21. The van der Waals surface area contributed by atoms with E-state index in [4.69, 9.17) is 17.5 Å². The fourth-order valence-electron chi connectivity index (χ4n) is 1.69. The first kappa shape index (κ1) is 19.4. The van der Waals surface area contributed by atoms with Crippen molar-refractivity contribution >= 4 is 43.6 Å². The van der Waals surface area contributed by atoms with E-state index in [1.54, 1.807) is 12.1 Å². The molecule has 0 unspecified atom stereocenters. The zero-order chi connectivity index (χ0) is 17.5. The Morgan fingerprint density at radius 3 is 1.65 bits per heavy atom. The van der Waals surface area contributed by atoms with Gasteiger partial charge in [-0.05, 0) is 0 Å². The third kappa shape index (κ3) is 6.14. The van der Waals surface area contributed by atoms with Crippen LogP contribution in [0.15, 0.2) is 24.3 Å². The van der Waals surface area contributed by atoms with Crippen LogP contribution in [-0.4, -0.2) is 54.3 Å². The minimum absolute atomic E-state index is 0.0621. The van der Waals surface area contributed by atoms with Crippen molar-refractivity contribution in [2.75, 3.05) is 13.9 Å². The first-order valence-electron chi connectivity index (χ1n) is 6.60. The molecular weight excluding hydrogens is 503 g/mol.